The molecule has 146 valence electrons. The Kier molecular flexibility index (Phi) is 5.92. The summed E-state index contributed by atoms with van der Waals surface area (Å²) in [5.41, 5.74) is 2.53. The molecule has 0 saturated carbocycles. The number of thiazole rings is 1. The van der Waals surface area contributed by atoms with Gasteiger partial charge in [0.05, 0.1) is 23.4 Å². The Labute approximate surface area is 181 Å². The lowest BCUT2D eigenvalue weighted by molar-refractivity contribution is 0.0985. The number of carbonyl (C=O) groups excluding carboxylic acids is 1. The summed E-state index contributed by atoms with van der Waals surface area (Å²) in [5, 5.41) is 0.681. The SMILES string of the molecule is CCOc1ccc(C(=O)N(Cc2ccccc2)c2nc3ccc(Br)cc3s2)cc1. The highest BCUT2D eigenvalue weighted by Crippen LogP contribution is 2.32. The van der Waals surface area contributed by atoms with Crippen LogP contribution in [0.15, 0.2) is 77.3 Å². The normalized spacial score (nSPS) is 10.8. The Morgan fingerprint density at radius 3 is 2.55 bits per heavy atom. The van der Waals surface area contributed by atoms with Crippen molar-refractivity contribution in [1.29, 1.82) is 0 Å². The number of ether oxygens (including phenoxy) is 1. The van der Waals surface area contributed by atoms with Crippen molar-refractivity contribution in [3.05, 3.63) is 88.4 Å². The van der Waals surface area contributed by atoms with Crippen molar-refractivity contribution in [3.63, 3.8) is 0 Å². The third-order valence-corrected chi connectivity index (χ3v) is 5.95. The van der Waals surface area contributed by atoms with Crippen LogP contribution in [0.25, 0.3) is 10.2 Å². The number of anilines is 1. The van der Waals surface area contributed by atoms with E-state index in [-0.39, 0.29) is 5.91 Å². The molecule has 1 heterocycles. The molecule has 1 aromatic heterocycles. The summed E-state index contributed by atoms with van der Waals surface area (Å²) < 4.78 is 7.52. The number of aromatic nitrogens is 1. The summed E-state index contributed by atoms with van der Waals surface area (Å²) in [6.07, 6.45) is 0. The van der Waals surface area contributed by atoms with Crippen LogP contribution >= 0.6 is 27.3 Å². The third kappa shape index (κ3) is 4.49. The van der Waals surface area contributed by atoms with Crippen LogP contribution in [0.4, 0.5) is 5.13 Å². The molecule has 0 bridgehead atoms. The van der Waals surface area contributed by atoms with Gasteiger partial charge in [-0.1, -0.05) is 57.6 Å². The minimum Gasteiger partial charge on any atom is -0.494 e. The van der Waals surface area contributed by atoms with Crippen LogP contribution in [-0.4, -0.2) is 17.5 Å². The van der Waals surface area contributed by atoms with Gasteiger partial charge in [0.2, 0.25) is 0 Å². The molecule has 1 amide bonds. The van der Waals surface area contributed by atoms with Gasteiger partial charge in [-0.2, -0.15) is 0 Å². The van der Waals surface area contributed by atoms with Crippen LogP contribution in [0.3, 0.4) is 0 Å². The fraction of sp³-hybridized carbons (Fsp3) is 0.130. The van der Waals surface area contributed by atoms with Gasteiger partial charge in [-0.25, -0.2) is 4.98 Å². The molecule has 6 heteroatoms. The van der Waals surface area contributed by atoms with E-state index >= 15 is 0 Å². The van der Waals surface area contributed by atoms with Crippen molar-refractivity contribution in [2.24, 2.45) is 0 Å². The summed E-state index contributed by atoms with van der Waals surface area (Å²) in [6.45, 7) is 2.98. The van der Waals surface area contributed by atoms with Gasteiger partial charge in [-0.05, 0) is 55.0 Å². The van der Waals surface area contributed by atoms with Crippen molar-refractivity contribution in [3.8, 4) is 5.75 Å². The molecule has 4 rings (SSSR count). The quantitative estimate of drug-likeness (QED) is 0.334. The number of hydrogen-bond donors (Lipinski definition) is 0. The lowest BCUT2D eigenvalue weighted by Crippen LogP contribution is -2.30. The van der Waals surface area contributed by atoms with Crippen molar-refractivity contribution < 1.29 is 9.53 Å². The fourth-order valence-corrected chi connectivity index (χ4v) is 4.53. The molecular weight excluding hydrogens is 448 g/mol. The van der Waals surface area contributed by atoms with Gasteiger partial charge in [0.25, 0.3) is 5.91 Å². The number of carbonyl (C=O) groups is 1. The molecule has 0 radical (unpaired) electrons. The van der Waals surface area contributed by atoms with Crippen molar-refractivity contribution >= 4 is 48.5 Å². The Bertz CT molecular complexity index is 1130. The summed E-state index contributed by atoms with van der Waals surface area (Å²) in [5.74, 6) is 0.665. The Morgan fingerprint density at radius 2 is 1.83 bits per heavy atom. The van der Waals surface area contributed by atoms with E-state index in [2.05, 4.69) is 15.9 Å². The highest BCUT2D eigenvalue weighted by Gasteiger charge is 2.22. The number of benzene rings is 3. The second-order valence-electron chi connectivity index (χ2n) is 6.44. The minimum atomic E-state index is -0.0879. The molecule has 0 aliphatic heterocycles. The maximum Gasteiger partial charge on any atom is 0.260 e. The van der Waals surface area contributed by atoms with Gasteiger partial charge >= 0.3 is 0 Å². The number of rotatable bonds is 6. The van der Waals surface area contributed by atoms with Crippen molar-refractivity contribution in [1.82, 2.24) is 4.98 Å². The first-order chi connectivity index (χ1) is 14.1. The largest absolute Gasteiger partial charge is 0.494 e. The van der Waals surface area contributed by atoms with E-state index in [0.29, 0.717) is 23.8 Å². The molecule has 0 aliphatic carbocycles. The number of hydrogen-bond acceptors (Lipinski definition) is 4. The van der Waals surface area contributed by atoms with Crippen LogP contribution in [-0.2, 0) is 6.54 Å². The van der Waals surface area contributed by atoms with E-state index in [0.717, 1.165) is 26.0 Å². The molecular formula is C23H19BrN2O2S. The fourth-order valence-electron chi connectivity index (χ4n) is 3.01. The lowest BCUT2D eigenvalue weighted by atomic mass is 10.1. The molecule has 0 unspecified atom stereocenters. The van der Waals surface area contributed by atoms with Crippen LogP contribution < -0.4 is 9.64 Å². The Hall–Kier alpha value is -2.70. The zero-order chi connectivity index (χ0) is 20.2. The monoisotopic (exact) mass is 466 g/mol. The van der Waals surface area contributed by atoms with E-state index in [1.54, 1.807) is 17.0 Å². The van der Waals surface area contributed by atoms with Crippen LogP contribution in [0.5, 0.6) is 5.75 Å². The maximum atomic E-state index is 13.4. The topological polar surface area (TPSA) is 42.4 Å². The first-order valence-corrected chi connectivity index (χ1v) is 10.9. The smallest absolute Gasteiger partial charge is 0.260 e. The minimum absolute atomic E-state index is 0.0879. The van der Waals surface area contributed by atoms with Gasteiger partial charge in [0, 0.05) is 10.0 Å². The molecule has 0 saturated heterocycles. The van der Waals surface area contributed by atoms with Crippen LogP contribution in [0.1, 0.15) is 22.8 Å². The van der Waals surface area contributed by atoms with Gasteiger partial charge in [-0.3, -0.25) is 9.69 Å². The van der Waals surface area contributed by atoms with Crippen molar-refractivity contribution in [2.45, 2.75) is 13.5 Å². The zero-order valence-electron chi connectivity index (χ0n) is 15.8. The molecule has 29 heavy (non-hydrogen) atoms. The second kappa shape index (κ2) is 8.76. The first-order valence-electron chi connectivity index (χ1n) is 9.29. The van der Waals surface area contributed by atoms with Gasteiger partial charge < -0.3 is 4.74 Å². The molecule has 0 fully saturated rings. The van der Waals surface area contributed by atoms with E-state index in [1.807, 2.05) is 67.6 Å². The van der Waals surface area contributed by atoms with Crippen LogP contribution in [0.2, 0.25) is 0 Å². The van der Waals surface area contributed by atoms with Gasteiger partial charge in [0.15, 0.2) is 5.13 Å². The average Bonchev–Trinajstić information content (AvgIpc) is 3.16. The molecule has 3 aromatic carbocycles. The predicted octanol–water partition coefficient (Wildman–Crippen LogP) is 6.30. The second-order valence-corrected chi connectivity index (χ2v) is 8.37. The Morgan fingerprint density at radius 1 is 1.07 bits per heavy atom. The van der Waals surface area contributed by atoms with Crippen molar-refractivity contribution in [2.75, 3.05) is 11.5 Å². The predicted molar refractivity (Wildman–Crippen MR) is 122 cm³/mol. The molecule has 4 nitrogen and oxygen atoms in total. The number of nitrogens with zero attached hydrogens (tertiary/aromatic N) is 2. The highest BCUT2D eigenvalue weighted by molar-refractivity contribution is 9.10. The van der Waals surface area contributed by atoms with E-state index in [4.69, 9.17) is 9.72 Å². The third-order valence-electron chi connectivity index (χ3n) is 4.41. The molecule has 0 spiro atoms. The van der Waals surface area contributed by atoms with Crippen LogP contribution in [0, 0.1) is 0 Å². The standard InChI is InChI=1S/C23H19BrN2O2S/c1-2-28-19-11-8-17(9-12-19)22(27)26(15-16-6-4-3-5-7-16)23-25-20-13-10-18(24)14-21(20)29-23/h3-14H,2,15H2,1H3. The average molecular weight is 467 g/mol. The summed E-state index contributed by atoms with van der Waals surface area (Å²) in [7, 11) is 0. The number of halogens is 1. The molecule has 0 aliphatic rings. The van der Waals surface area contributed by atoms with Gasteiger partial charge in [0.1, 0.15) is 5.75 Å². The summed E-state index contributed by atoms with van der Waals surface area (Å²) in [4.78, 5) is 19.9. The zero-order valence-corrected chi connectivity index (χ0v) is 18.2. The highest BCUT2D eigenvalue weighted by atomic mass is 79.9. The number of amides is 1. The Balaban J connectivity index is 1.71. The number of fused-ring (bicyclic) bond motifs is 1. The van der Waals surface area contributed by atoms with E-state index in [1.165, 1.54) is 11.3 Å². The summed E-state index contributed by atoms with van der Waals surface area (Å²) in [6, 6.07) is 23.2. The maximum absolute atomic E-state index is 13.4. The molecule has 4 aromatic rings. The van der Waals surface area contributed by atoms with E-state index < -0.39 is 0 Å². The lowest BCUT2D eigenvalue weighted by Gasteiger charge is -2.20. The summed E-state index contributed by atoms with van der Waals surface area (Å²) >= 11 is 5.02. The van der Waals surface area contributed by atoms with E-state index in [9.17, 15) is 4.79 Å². The molecule has 0 atom stereocenters. The first kappa shape index (κ1) is 19.6. The van der Waals surface area contributed by atoms with Gasteiger partial charge in [-0.15, -0.1) is 0 Å². The molecule has 0 N–H and O–H groups in total.